The van der Waals surface area contributed by atoms with Crippen molar-refractivity contribution in [2.45, 2.75) is 118 Å². The minimum atomic E-state index is 1.28. The molecule has 0 aliphatic heterocycles. The van der Waals surface area contributed by atoms with Crippen LogP contribution in [-0.4, -0.2) is 0 Å². The molecule has 0 fully saturated rings. The molecule has 0 aromatic rings. The van der Waals surface area contributed by atoms with Crippen LogP contribution in [0.5, 0.6) is 0 Å². The average molecular weight is 283 g/mol. The van der Waals surface area contributed by atoms with Crippen molar-refractivity contribution < 1.29 is 0 Å². The van der Waals surface area contributed by atoms with Gasteiger partial charge < -0.3 is 0 Å². The highest BCUT2D eigenvalue weighted by Gasteiger charge is 1.87. The van der Waals surface area contributed by atoms with Crippen molar-refractivity contribution in [1.82, 2.24) is 0 Å². The van der Waals surface area contributed by atoms with Gasteiger partial charge >= 0.3 is 0 Å². The van der Waals surface area contributed by atoms with E-state index < -0.39 is 0 Å². The lowest BCUT2D eigenvalue weighted by Crippen LogP contribution is -1.77. The molecule has 0 amide bonds. The lowest BCUT2D eigenvalue weighted by molar-refractivity contribution is 0.602. The second-order valence-corrected chi connectivity index (χ2v) is 5.89. The van der Waals surface area contributed by atoms with Crippen molar-refractivity contribution >= 4 is 0 Å². The van der Waals surface area contributed by atoms with E-state index in [2.05, 4.69) is 39.8 Å². The molecule has 0 heterocycles. The van der Waals surface area contributed by atoms with Crippen LogP contribution in [-0.2, 0) is 0 Å². The highest BCUT2D eigenvalue weighted by Crippen LogP contribution is 2.07. The largest absolute Gasteiger partial charge is 0.0917 e. The van der Waals surface area contributed by atoms with E-state index in [0.29, 0.717) is 0 Å². The van der Waals surface area contributed by atoms with Crippen LogP contribution < -0.4 is 0 Å². The molecule has 0 radical (unpaired) electrons. The molecule has 0 atom stereocenters. The maximum Gasteiger partial charge on any atom is -0.0351 e. The predicted molar refractivity (Wildman–Crippen MR) is 96.5 cm³/mol. The molecule has 0 unspecified atom stereocenters. The number of rotatable bonds is 13. The van der Waals surface area contributed by atoms with E-state index in [9.17, 15) is 0 Å². The standard InChI is InChI=1S/C11H22.C9H20/c1-3-5-7-9-11-10-8-6-4-2;1-3-5-7-9-8-6-4-2/h3,5H,4,6-11H2,1-2H3;3-9H2,1-2H3/b5-3+;. The Kier molecular flexibility index (Phi) is 26.2. The molecule has 20 heavy (non-hydrogen) atoms. The molecule has 0 nitrogen and oxygen atoms in total. The Morgan fingerprint density at radius 2 is 0.850 bits per heavy atom. The average Bonchev–Trinajstić information content (AvgIpc) is 2.47. The highest BCUT2D eigenvalue weighted by molar-refractivity contribution is 4.76. The normalized spacial score (nSPS) is 10.6. The summed E-state index contributed by atoms with van der Waals surface area (Å²) in [5.41, 5.74) is 0. The quantitative estimate of drug-likeness (QED) is 0.236. The topological polar surface area (TPSA) is 0 Å². The summed E-state index contributed by atoms with van der Waals surface area (Å²) in [5, 5.41) is 0. The molecule has 0 bridgehead atoms. The molecular formula is C20H42. The third kappa shape index (κ3) is 26.3. The number of allylic oxidation sites excluding steroid dienone is 2. The Labute approximate surface area is 130 Å². The van der Waals surface area contributed by atoms with Crippen LogP contribution in [0, 0.1) is 0 Å². The van der Waals surface area contributed by atoms with E-state index in [1.807, 2.05) is 0 Å². The Morgan fingerprint density at radius 3 is 1.20 bits per heavy atom. The van der Waals surface area contributed by atoms with Crippen molar-refractivity contribution in [3.8, 4) is 0 Å². The van der Waals surface area contributed by atoms with Gasteiger partial charge in [0.1, 0.15) is 0 Å². The van der Waals surface area contributed by atoms with Gasteiger partial charge in [-0.3, -0.25) is 0 Å². The van der Waals surface area contributed by atoms with Crippen molar-refractivity contribution in [1.29, 1.82) is 0 Å². The first kappa shape index (κ1) is 22.0. The SMILES string of the molecule is C/C=C/CCCCCCCC.CCCCCCCCC. The van der Waals surface area contributed by atoms with Crippen LogP contribution in [0.15, 0.2) is 12.2 Å². The van der Waals surface area contributed by atoms with Crippen LogP contribution >= 0.6 is 0 Å². The smallest absolute Gasteiger partial charge is 0.0351 e. The van der Waals surface area contributed by atoms with Gasteiger partial charge in [-0.05, 0) is 19.8 Å². The van der Waals surface area contributed by atoms with Gasteiger partial charge in [-0.2, -0.15) is 0 Å². The first-order valence-electron chi connectivity index (χ1n) is 9.44. The maximum absolute atomic E-state index is 2.26. The van der Waals surface area contributed by atoms with Gasteiger partial charge in [-0.1, -0.05) is 110 Å². The molecule has 122 valence electrons. The van der Waals surface area contributed by atoms with E-state index in [0.717, 1.165) is 0 Å². The summed E-state index contributed by atoms with van der Waals surface area (Å²) in [7, 11) is 0. The molecule has 0 saturated carbocycles. The molecule has 0 heteroatoms. The molecule has 0 spiro atoms. The van der Waals surface area contributed by atoms with Crippen molar-refractivity contribution in [2.75, 3.05) is 0 Å². The predicted octanol–water partition coefficient (Wildman–Crippen LogP) is 8.07. The summed E-state index contributed by atoms with van der Waals surface area (Å²) in [5.74, 6) is 0. The van der Waals surface area contributed by atoms with Crippen LogP contribution in [0.1, 0.15) is 118 Å². The van der Waals surface area contributed by atoms with Gasteiger partial charge in [0.15, 0.2) is 0 Å². The zero-order chi connectivity index (χ0) is 15.3. The summed E-state index contributed by atoms with van der Waals surface area (Å²) in [4.78, 5) is 0. The summed E-state index contributed by atoms with van der Waals surface area (Å²) in [6.07, 6.45) is 24.1. The van der Waals surface area contributed by atoms with Gasteiger partial charge in [0, 0.05) is 0 Å². The lowest BCUT2D eigenvalue weighted by atomic mass is 10.1. The van der Waals surface area contributed by atoms with E-state index in [1.165, 1.54) is 89.9 Å². The molecular weight excluding hydrogens is 240 g/mol. The van der Waals surface area contributed by atoms with E-state index in [4.69, 9.17) is 0 Å². The summed E-state index contributed by atoms with van der Waals surface area (Å²) in [6.45, 7) is 8.89. The monoisotopic (exact) mass is 282 g/mol. The van der Waals surface area contributed by atoms with E-state index in [-0.39, 0.29) is 0 Å². The summed E-state index contributed by atoms with van der Waals surface area (Å²) < 4.78 is 0. The van der Waals surface area contributed by atoms with Crippen molar-refractivity contribution in [3.63, 3.8) is 0 Å². The van der Waals surface area contributed by atoms with Gasteiger partial charge in [-0.15, -0.1) is 0 Å². The molecule has 0 aliphatic rings. The van der Waals surface area contributed by atoms with E-state index in [1.54, 1.807) is 0 Å². The molecule has 0 N–H and O–H groups in total. The first-order chi connectivity index (χ1) is 9.83. The highest BCUT2D eigenvalue weighted by atomic mass is 13.9. The second-order valence-electron chi connectivity index (χ2n) is 5.89. The van der Waals surface area contributed by atoms with Crippen LogP contribution in [0.3, 0.4) is 0 Å². The van der Waals surface area contributed by atoms with Gasteiger partial charge in [0.05, 0.1) is 0 Å². The third-order valence-electron chi connectivity index (χ3n) is 3.67. The fraction of sp³-hybridized carbons (Fsp3) is 0.900. The third-order valence-corrected chi connectivity index (χ3v) is 3.67. The molecule has 0 rings (SSSR count). The fourth-order valence-corrected chi connectivity index (χ4v) is 2.24. The summed E-state index contributed by atoms with van der Waals surface area (Å²) in [6, 6.07) is 0. The Hall–Kier alpha value is -0.260. The van der Waals surface area contributed by atoms with Crippen LogP contribution in [0.25, 0.3) is 0 Å². The minimum Gasteiger partial charge on any atom is -0.0917 e. The number of unbranched alkanes of at least 4 members (excludes halogenated alkanes) is 12. The lowest BCUT2D eigenvalue weighted by Gasteiger charge is -1.96. The van der Waals surface area contributed by atoms with Gasteiger partial charge in [-0.25, -0.2) is 0 Å². The fourth-order valence-electron chi connectivity index (χ4n) is 2.24. The molecule has 0 saturated heterocycles. The summed E-state index contributed by atoms with van der Waals surface area (Å²) >= 11 is 0. The Bertz CT molecular complexity index is 151. The van der Waals surface area contributed by atoms with Crippen LogP contribution in [0.2, 0.25) is 0 Å². The van der Waals surface area contributed by atoms with Crippen molar-refractivity contribution in [3.05, 3.63) is 12.2 Å². The second kappa shape index (κ2) is 23.8. The Balaban J connectivity index is 0. The number of hydrogen-bond acceptors (Lipinski definition) is 0. The van der Waals surface area contributed by atoms with Crippen molar-refractivity contribution in [2.24, 2.45) is 0 Å². The zero-order valence-electron chi connectivity index (χ0n) is 15.1. The first-order valence-corrected chi connectivity index (χ1v) is 9.44. The zero-order valence-corrected chi connectivity index (χ0v) is 15.1. The maximum atomic E-state index is 2.26. The minimum absolute atomic E-state index is 1.28. The molecule has 0 aliphatic carbocycles. The molecule has 0 aromatic carbocycles. The number of hydrogen-bond donors (Lipinski definition) is 0. The Morgan fingerprint density at radius 1 is 0.500 bits per heavy atom. The van der Waals surface area contributed by atoms with E-state index >= 15 is 0 Å². The van der Waals surface area contributed by atoms with Gasteiger partial charge in [0.25, 0.3) is 0 Å². The van der Waals surface area contributed by atoms with Crippen LogP contribution in [0.4, 0.5) is 0 Å². The molecule has 0 aromatic heterocycles. The van der Waals surface area contributed by atoms with Gasteiger partial charge in [0.2, 0.25) is 0 Å².